The summed E-state index contributed by atoms with van der Waals surface area (Å²) >= 11 is 0. The van der Waals surface area contributed by atoms with Gasteiger partial charge in [-0.15, -0.1) is 0 Å². The summed E-state index contributed by atoms with van der Waals surface area (Å²) in [4.78, 5) is 18.3. The van der Waals surface area contributed by atoms with E-state index in [4.69, 9.17) is 18.6 Å². The van der Waals surface area contributed by atoms with Crippen molar-refractivity contribution in [3.63, 3.8) is 0 Å². The number of hydrogen-bond acceptors (Lipinski definition) is 4. The quantitative estimate of drug-likeness (QED) is 0.778. The van der Waals surface area contributed by atoms with Crippen molar-refractivity contribution in [1.82, 2.24) is 0 Å². The molecule has 2 rings (SSSR count). The fraction of sp³-hybridized carbons (Fsp3) is 0.333. The Hall–Kier alpha value is -1.09. The van der Waals surface area contributed by atoms with E-state index in [1.165, 1.54) is 0 Å². The lowest BCUT2D eigenvalue weighted by atomic mass is 10.0. The Morgan fingerprint density at radius 1 is 1.12 bits per heavy atom. The number of furan rings is 2. The number of aryl methyl sites for hydroxylation is 1. The molecule has 2 aromatic heterocycles. The zero-order valence-electron chi connectivity index (χ0n) is 9.32. The van der Waals surface area contributed by atoms with Crippen LogP contribution in [0.15, 0.2) is 45.6 Å². The molecule has 0 saturated heterocycles. The Bertz CT molecular complexity index is 408. The molecule has 0 aromatic carbocycles. The van der Waals surface area contributed by atoms with Crippen molar-refractivity contribution in [1.29, 1.82) is 0 Å². The second-order valence-electron chi connectivity index (χ2n) is 3.89. The van der Waals surface area contributed by atoms with E-state index in [-0.39, 0.29) is 5.92 Å². The van der Waals surface area contributed by atoms with Gasteiger partial charge in [0.2, 0.25) is 0 Å². The van der Waals surface area contributed by atoms with Crippen molar-refractivity contribution in [3.05, 3.63) is 48.3 Å². The first kappa shape index (κ1) is 12.4. The van der Waals surface area contributed by atoms with Crippen LogP contribution in [0.25, 0.3) is 0 Å². The van der Waals surface area contributed by atoms with Crippen molar-refractivity contribution in [2.75, 3.05) is 6.16 Å². The summed E-state index contributed by atoms with van der Waals surface area (Å²) in [5.74, 6) is 1.73. The molecule has 1 unspecified atom stereocenters. The monoisotopic (exact) mass is 254 g/mol. The summed E-state index contributed by atoms with van der Waals surface area (Å²) in [6.07, 6.45) is 5.13. The second kappa shape index (κ2) is 6.01. The summed E-state index contributed by atoms with van der Waals surface area (Å²) in [6, 6.07) is 7.44. The number of rotatable bonds is 6. The van der Waals surface area contributed by atoms with Crippen LogP contribution in [0.2, 0.25) is 0 Å². The molecule has 4 nitrogen and oxygen atoms in total. The average Bonchev–Trinajstić information content (AvgIpc) is 2.96. The minimum absolute atomic E-state index is 0.0243. The molecule has 17 heavy (non-hydrogen) atoms. The van der Waals surface area contributed by atoms with Crippen molar-refractivity contribution in [2.45, 2.75) is 18.8 Å². The lowest BCUT2D eigenvalue weighted by molar-refractivity contribution is 0.425. The standard InChI is InChI=1S/C12H15O4P/c13-17(14)9-10(12-4-2-8-16-12)5-6-11-3-1-7-15-11/h1-4,7-8,10,13-14H,5-6,9H2. The highest BCUT2D eigenvalue weighted by molar-refractivity contribution is 7.45. The molecular weight excluding hydrogens is 239 g/mol. The topological polar surface area (TPSA) is 66.7 Å². The largest absolute Gasteiger partial charge is 0.469 e. The van der Waals surface area contributed by atoms with E-state index in [1.54, 1.807) is 12.5 Å². The van der Waals surface area contributed by atoms with E-state index < -0.39 is 8.38 Å². The van der Waals surface area contributed by atoms with Gasteiger partial charge in [-0.05, 0) is 30.7 Å². The Kier molecular flexibility index (Phi) is 4.37. The molecule has 0 radical (unpaired) electrons. The Morgan fingerprint density at radius 3 is 2.47 bits per heavy atom. The first-order chi connectivity index (χ1) is 8.25. The van der Waals surface area contributed by atoms with Gasteiger partial charge in [-0.25, -0.2) is 0 Å². The molecular formula is C12H15O4P. The van der Waals surface area contributed by atoms with E-state index in [2.05, 4.69) is 0 Å². The van der Waals surface area contributed by atoms with Gasteiger partial charge >= 0.3 is 0 Å². The molecule has 2 heterocycles. The molecule has 0 amide bonds. The fourth-order valence-corrected chi connectivity index (χ4v) is 2.57. The zero-order chi connectivity index (χ0) is 12.1. The van der Waals surface area contributed by atoms with E-state index >= 15 is 0 Å². The van der Waals surface area contributed by atoms with Crippen molar-refractivity contribution in [2.24, 2.45) is 0 Å². The molecule has 0 aliphatic heterocycles. The van der Waals surface area contributed by atoms with Gasteiger partial charge in [-0.2, -0.15) is 0 Å². The Morgan fingerprint density at radius 2 is 1.88 bits per heavy atom. The van der Waals surface area contributed by atoms with Crippen LogP contribution in [-0.2, 0) is 6.42 Å². The zero-order valence-corrected chi connectivity index (χ0v) is 10.2. The van der Waals surface area contributed by atoms with Gasteiger partial charge in [0.15, 0.2) is 8.38 Å². The van der Waals surface area contributed by atoms with Gasteiger partial charge in [0.25, 0.3) is 0 Å². The van der Waals surface area contributed by atoms with Gasteiger partial charge in [0.05, 0.1) is 12.5 Å². The van der Waals surface area contributed by atoms with Crippen LogP contribution in [0.3, 0.4) is 0 Å². The third kappa shape index (κ3) is 3.70. The normalized spacial score (nSPS) is 13.1. The maximum absolute atomic E-state index is 9.13. The summed E-state index contributed by atoms with van der Waals surface area (Å²) in [6.45, 7) is 0. The van der Waals surface area contributed by atoms with Gasteiger partial charge in [-0.1, -0.05) is 0 Å². The summed E-state index contributed by atoms with van der Waals surface area (Å²) in [5.41, 5.74) is 0. The first-order valence-electron chi connectivity index (χ1n) is 5.47. The minimum atomic E-state index is -1.90. The molecule has 2 N–H and O–H groups in total. The van der Waals surface area contributed by atoms with Crippen molar-refractivity contribution in [3.8, 4) is 0 Å². The minimum Gasteiger partial charge on any atom is -0.469 e. The molecule has 0 bridgehead atoms. The molecule has 0 spiro atoms. The van der Waals surface area contributed by atoms with Gasteiger partial charge in [0.1, 0.15) is 11.5 Å². The van der Waals surface area contributed by atoms with Crippen molar-refractivity contribution < 1.29 is 18.6 Å². The molecule has 5 heteroatoms. The van der Waals surface area contributed by atoms with Crippen molar-refractivity contribution >= 4 is 8.38 Å². The van der Waals surface area contributed by atoms with Crippen LogP contribution in [-0.4, -0.2) is 15.9 Å². The second-order valence-corrected chi connectivity index (χ2v) is 4.99. The van der Waals surface area contributed by atoms with Crippen LogP contribution in [0.1, 0.15) is 23.9 Å². The van der Waals surface area contributed by atoms with Gasteiger partial charge < -0.3 is 18.6 Å². The van der Waals surface area contributed by atoms with Crippen LogP contribution in [0, 0.1) is 0 Å². The molecule has 92 valence electrons. The maximum atomic E-state index is 9.13. The van der Waals surface area contributed by atoms with Gasteiger partial charge in [0, 0.05) is 18.5 Å². The Balaban J connectivity index is 1.96. The lowest BCUT2D eigenvalue weighted by Crippen LogP contribution is -2.04. The summed E-state index contributed by atoms with van der Waals surface area (Å²) in [5, 5.41) is 0. The predicted molar refractivity (Wildman–Crippen MR) is 64.7 cm³/mol. The third-order valence-corrected chi connectivity index (χ3v) is 3.42. The number of hydrogen-bond donors (Lipinski definition) is 2. The highest BCUT2D eigenvalue weighted by Crippen LogP contribution is 2.34. The highest BCUT2D eigenvalue weighted by atomic mass is 31.2. The average molecular weight is 254 g/mol. The molecule has 0 aliphatic carbocycles. The third-order valence-electron chi connectivity index (χ3n) is 2.65. The molecule has 1 atom stereocenters. The van der Waals surface area contributed by atoms with Crippen LogP contribution < -0.4 is 0 Å². The van der Waals surface area contributed by atoms with E-state index in [0.717, 1.165) is 24.4 Å². The highest BCUT2D eigenvalue weighted by Gasteiger charge is 2.18. The fourth-order valence-electron chi connectivity index (χ4n) is 1.82. The summed E-state index contributed by atoms with van der Waals surface area (Å²) in [7, 11) is -1.90. The van der Waals surface area contributed by atoms with E-state index in [1.807, 2.05) is 24.3 Å². The first-order valence-corrected chi connectivity index (χ1v) is 6.90. The van der Waals surface area contributed by atoms with Crippen LogP contribution >= 0.6 is 8.38 Å². The molecule has 0 aliphatic rings. The van der Waals surface area contributed by atoms with Crippen LogP contribution in [0.5, 0.6) is 0 Å². The predicted octanol–water partition coefficient (Wildman–Crippen LogP) is 2.89. The lowest BCUT2D eigenvalue weighted by Gasteiger charge is -2.14. The maximum Gasteiger partial charge on any atom is 0.165 e. The SMILES string of the molecule is OP(O)CC(CCc1ccco1)c1ccco1. The Labute approximate surface area is 101 Å². The molecule has 2 aromatic rings. The van der Waals surface area contributed by atoms with E-state index in [0.29, 0.717) is 6.16 Å². The smallest absolute Gasteiger partial charge is 0.165 e. The van der Waals surface area contributed by atoms with Crippen LogP contribution in [0.4, 0.5) is 0 Å². The van der Waals surface area contributed by atoms with E-state index in [9.17, 15) is 0 Å². The van der Waals surface area contributed by atoms with Gasteiger partial charge in [-0.3, -0.25) is 0 Å². The molecule has 0 saturated carbocycles. The summed E-state index contributed by atoms with van der Waals surface area (Å²) < 4.78 is 10.6. The molecule has 0 fully saturated rings.